The van der Waals surface area contributed by atoms with Gasteiger partial charge >= 0.3 is 0 Å². The topological polar surface area (TPSA) is 43.5 Å². The van der Waals surface area contributed by atoms with Crippen LogP contribution in [0.2, 0.25) is 0 Å². The van der Waals surface area contributed by atoms with Crippen molar-refractivity contribution in [2.75, 3.05) is 39.6 Å². The Morgan fingerprint density at radius 2 is 1.36 bits per heavy atom. The van der Waals surface area contributed by atoms with Gasteiger partial charge in [0, 0.05) is 0 Å². The highest BCUT2D eigenvalue weighted by atomic mass is 16.6. The van der Waals surface area contributed by atoms with E-state index < -0.39 is 0 Å². The Labute approximate surface area is 83.8 Å². The van der Waals surface area contributed by atoms with Crippen LogP contribution in [0.3, 0.4) is 0 Å². The molecule has 4 heteroatoms. The highest BCUT2D eigenvalue weighted by Gasteiger charge is 2.22. The Morgan fingerprint density at radius 1 is 0.929 bits per heavy atom. The third-order valence-corrected chi connectivity index (χ3v) is 2.01. The zero-order chi connectivity index (χ0) is 9.64. The first-order chi connectivity index (χ1) is 6.95. The molecule has 0 aliphatic carbocycles. The molecular formula is C10H16O4. The van der Waals surface area contributed by atoms with E-state index in [4.69, 9.17) is 18.9 Å². The molecule has 0 saturated carbocycles. The molecule has 2 heterocycles. The van der Waals surface area contributed by atoms with Crippen molar-refractivity contribution in [3.63, 3.8) is 0 Å². The Hall–Kier alpha value is -0.420. The maximum atomic E-state index is 5.31. The van der Waals surface area contributed by atoms with Gasteiger partial charge in [-0.15, -0.1) is 0 Å². The molecule has 2 rings (SSSR count). The number of hydrogen-bond acceptors (Lipinski definition) is 4. The van der Waals surface area contributed by atoms with Gasteiger partial charge in [-0.25, -0.2) is 0 Å². The van der Waals surface area contributed by atoms with Gasteiger partial charge in [0.1, 0.15) is 12.2 Å². The van der Waals surface area contributed by atoms with Crippen molar-refractivity contribution in [2.24, 2.45) is 0 Å². The lowest BCUT2D eigenvalue weighted by Gasteiger charge is -1.97. The zero-order valence-electron chi connectivity index (χ0n) is 8.19. The molecule has 0 bridgehead atoms. The van der Waals surface area contributed by atoms with Crippen LogP contribution < -0.4 is 0 Å². The first-order valence-electron chi connectivity index (χ1n) is 4.99. The van der Waals surface area contributed by atoms with E-state index in [9.17, 15) is 0 Å². The molecule has 2 aliphatic rings. The van der Waals surface area contributed by atoms with Crippen LogP contribution in [0.25, 0.3) is 0 Å². The number of rotatable bonds is 8. The second-order valence-electron chi connectivity index (χ2n) is 3.46. The molecule has 80 valence electrons. The molecule has 0 spiro atoms. The average Bonchev–Trinajstić information content (AvgIpc) is 3.00. The summed E-state index contributed by atoms with van der Waals surface area (Å²) in [6, 6.07) is 0. The number of hydrogen-bond donors (Lipinski definition) is 0. The Balaban J connectivity index is 1.33. The quantitative estimate of drug-likeness (QED) is 0.322. The van der Waals surface area contributed by atoms with Gasteiger partial charge in [-0.2, -0.15) is 0 Å². The first kappa shape index (κ1) is 10.1. The highest BCUT2D eigenvalue weighted by Crippen LogP contribution is 2.08. The molecule has 14 heavy (non-hydrogen) atoms. The van der Waals surface area contributed by atoms with Crippen molar-refractivity contribution < 1.29 is 18.9 Å². The van der Waals surface area contributed by atoms with E-state index >= 15 is 0 Å². The summed E-state index contributed by atoms with van der Waals surface area (Å²) in [5.41, 5.74) is 0. The third-order valence-electron chi connectivity index (χ3n) is 2.01. The molecule has 0 radical (unpaired) electrons. The van der Waals surface area contributed by atoms with Crippen molar-refractivity contribution in [3.05, 3.63) is 12.2 Å². The largest absolute Gasteiger partial charge is 0.375 e. The van der Waals surface area contributed by atoms with Gasteiger partial charge in [0.2, 0.25) is 0 Å². The second-order valence-corrected chi connectivity index (χ2v) is 3.46. The summed E-state index contributed by atoms with van der Waals surface area (Å²) in [7, 11) is 0. The van der Waals surface area contributed by atoms with Gasteiger partial charge < -0.3 is 18.9 Å². The lowest BCUT2D eigenvalue weighted by atomic mass is 10.5. The molecule has 2 atom stereocenters. The molecule has 2 fully saturated rings. The van der Waals surface area contributed by atoms with E-state index in [1.807, 2.05) is 12.2 Å². The predicted octanol–water partition coefficient (Wildman–Crippen LogP) is 0.373. The molecule has 0 amide bonds. The summed E-state index contributed by atoms with van der Waals surface area (Å²) >= 11 is 0. The molecule has 0 aromatic carbocycles. The van der Waals surface area contributed by atoms with Crippen LogP contribution in [0.4, 0.5) is 0 Å². The lowest BCUT2D eigenvalue weighted by Crippen LogP contribution is -2.02. The van der Waals surface area contributed by atoms with Gasteiger partial charge in [-0.1, -0.05) is 12.2 Å². The molecule has 0 N–H and O–H groups in total. The van der Waals surface area contributed by atoms with Gasteiger partial charge in [-0.3, -0.25) is 0 Å². The van der Waals surface area contributed by atoms with E-state index in [1.165, 1.54) is 0 Å². The molecule has 2 saturated heterocycles. The zero-order valence-corrected chi connectivity index (χ0v) is 8.19. The SMILES string of the molecule is C(=C\COCC1CO1)/COCC1CO1. The predicted molar refractivity (Wildman–Crippen MR) is 50.3 cm³/mol. The minimum Gasteiger partial charge on any atom is -0.375 e. The molecule has 0 aromatic heterocycles. The van der Waals surface area contributed by atoms with E-state index in [0.717, 1.165) is 13.2 Å². The molecule has 4 nitrogen and oxygen atoms in total. The van der Waals surface area contributed by atoms with Crippen LogP contribution >= 0.6 is 0 Å². The Morgan fingerprint density at radius 3 is 1.71 bits per heavy atom. The Kier molecular flexibility index (Phi) is 3.94. The minimum atomic E-state index is 0.353. The molecule has 0 aromatic rings. The van der Waals surface area contributed by atoms with Crippen LogP contribution in [-0.4, -0.2) is 51.8 Å². The standard InChI is InChI=1S/C10H16O4/c1(3-11-5-9-7-13-9)2-4-12-6-10-8-14-10/h1-2,9-10H,3-8H2/b2-1+. The van der Waals surface area contributed by atoms with Crippen molar-refractivity contribution in [2.45, 2.75) is 12.2 Å². The van der Waals surface area contributed by atoms with Crippen LogP contribution in [0.1, 0.15) is 0 Å². The number of ether oxygens (including phenoxy) is 4. The van der Waals surface area contributed by atoms with Crippen LogP contribution in [-0.2, 0) is 18.9 Å². The van der Waals surface area contributed by atoms with Crippen LogP contribution in [0, 0.1) is 0 Å². The van der Waals surface area contributed by atoms with Gasteiger partial charge in [-0.05, 0) is 0 Å². The van der Waals surface area contributed by atoms with Crippen molar-refractivity contribution in [1.82, 2.24) is 0 Å². The van der Waals surface area contributed by atoms with Crippen LogP contribution in [0.15, 0.2) is 12.2 Å². The summed E-state index contributed by atoms with van der Waals surface area (Å²) in [4.78, 5) is 0. The fraction of sp³-hybridized carbons (Fsp3) is 0.800. The highest BCUT2D eigenvalue weighted by molar-refractivity contribution is 4.82. The molecular weight excluding hydrogens is 184 g/mol. The van der Waals surface area contributed by atoms with E-state index in [0.29, 0.717) is 38.6 Å². The van der Waals surface area contributed by atoms with Crippen molar-refractivity contribution >= 4 is 0 Å². The normalized spacial score (nSPS) is 29.7. The Bertz CT molecular complexity index is 165. The van der Waals surface area contributed by atoms with E-state index in [-0.39, 0.29) is 0 Å². The van der Waals surface area contributed by atoms with Gasteiger partial charge in [0.15, 0.2) is 0 Å². The molecule has 2 aliphatic heterocycles. The average molecular weight is 200 g/mol. The minimum absolute atomic E-state index is 0.353. The fourth-order valence-electron chi connectivity index (χ4n) is 1.000. The summed E-state index contributed by atoms with van der Waals surface area (Å²) in [6.45, 7) is 4.41. The lowest BCUT2D eigenvalue weighted by molar-refractivity contribution is 0.134. The summed E-state index contributed by atoms with van der Waals surface area (Å²) < 4.78 is 20.6. The van der Waals surface area contributed by atoms with Crippen LogP contribution in [0.5, 0.6) is 0 Å². The third kappa shape index (κ3) is 4.72. The fourth-order valence-corrected chi connectivity index (χ4v) is 1.000. The monoisotopic (exact) mass is 200 g/mol. The smallest absolute Gasteiger partial charge is 0.104 e. The second kappa shape index (κ2) is 5.46. The molecule has 2 unspecified atom stereocenters. The number of epoxide rings is 2. The van der Waals surface area contributed by atoms with Gasteiger partial charge in [0.25, 0.3) is 0 Å². The summed E-state index contributed by atoms with van der Waals surface area (Å²) in [5.74, 6) is 0. The van der Waals surface area contributed by atoms with Crippen molar-refractivity contribution in [3.8, 4) is 0 Å². The van der Waals surface area contributed by atoms with Gasteiger partial charge in [0.05, 0.1) is 39.6 Å². The van der Waals surface area contributed by atoms with E-state index in [2.05, 4.69) is 0 Å². The summed E-state index contributed by atoms with van der Waals surface area (Å²) in [5, 5.41) is 0. The first-order valence-corrected chi connectivity index (χ1v) is 4.99. The summed E-state index contributed by atoms with van der Waals surface area (Å²) in [6.07, 6.45) is 4.64. The maximum absolute atomic E-state index is 5.31. The van der Waals surface area contributed by atoms with E-state index in [1.54, 1.807) is 0 Å². The maximum Gasteiger partial charge on any atom is 0.104 e. The van der Waals surface area contributed by atoms with Crippen molar-refractivity contribution in [1.29, 1.82) is 0 Å².